The van der Waals surface area contributed by atoms with Crippen LogP contribution in [-0.2, 0) is 13.0 Å². The molecule has 0 aliphatic carbocycles. The number of benzene rings is 2. The van der Waals surface area contributed by atoms with Gasteiger partial charge in [0.05, 0.1) is 11.6 Å². The fourth-order valence-corrected chi connectivity index (χ4v) is 2.11. The van der Waals surface area contributed by atoms with Gasteiger partial charge in [0.2, 0.25) is 0 Å². The summed E-state index contributed by atoms with van der Waals surface area (Å²) >= 11 is 6.04. The Bertz CT molecular complexity index is 682. The van der Waals surface area contributed by atoms with Crippen molar-refractivity contribution in [3.8, 4) is 11.8 Å². The lowest BCUT2D eigenvalue weighted by molar-refractivity contribution is 0.290. The smallest absolute Gasteiger partial charge is 0.165 e. The van der Waals surface area contributed by atoms with Crippen LogP contribution in [0, 0.1) is 17.1 Å². The standard InChI is InChI=1S/C16H14ClFN2O/c17-14-7-12(9-20)1-3-13(14)10-21-16-4-2-11(5-6-19)8-15(16)18/h1-4,7-8H,5-6,10,19H2. The second-order valence-corrected chi connectivity index (χ2v) is 4.92. The van der Waals surface area contributed by atoms with E-state index in [1.807, 2.05) is 6.07 Å². The van der Waals surface area contributed by atoms with Crippen molar-refractivity contribution in [2.75, 3.05) is 6.54 Å². The Hall–Kier alpha value is -2.09. The lowest BCUT2D eigenvalue weighted by Crippen LogP contribution is -2.04. The van der Waals surface area contributed by atoms with Crippen LogP contribution in [0.25, 0.3) is 0 Å². The number of nitrogens with zero attached hydrogens (tertiary/aromatic N) is 1. The van der Waals surface area contributed by atoms with Gasteiger partial charge >= 0.3 is 0 Å². The monoisotopic (exact) mass is 304 g/mol. The molecule has 0 saturated carbocycles. The van der Waals surface area contributed by atoms with Crippen LogP contribution in [0.5, 0.6) is 5.75 Å². The molecule has 0 saturated heterocycles. The summed E-state index contributed by atoms with van der Waals surface area (Å²) in [5.41, 5.74) is 7.43. The molecular formula is C16H14ClFN2O. The summed E-state index contributed by atoms with van der Waals surface area (Å²) in [6.45, 7) is 0.609. The molecule has 0 spiro atoms. The van der Waals surface area contributed by atoms with Crippen LogP contribution < -0.4 is 10.5 Å². The van der Waals surface area contributed by atoms with Gasteiger partial charge in [-0.15, -0.1) is 0 Å². The molecule has 0 aliphatic heterocycles. The number of hydrogen-bond acceptors (Lipinski definition) is 3. The molecule has 5 heteroatoms. The van der Waals surface area contributed by atoms with E-state index < -0.39 is 5.82 Å². The van der Waals surface area contributed by atoms with Crippen molar-refractivity contribution in [3.05, 3.63) is 63.9 Å². The number of hydrogen-bond donors (Lipinski definition) is 1. The van der Waals surface area contributed by atoms with E-state index in [9.17, 15) is 4.39 Å². The van der Waals surface area contributed by atoms with Crippen molar-refractivity contribution in [3.63, 3.8) is 0 Å². The zero-order valence-corrected chi connectivity index (χ0v) is 12.0. The Morgan fingerprint density at radius 1 is 1.24 bits per heavy atom. The van der Waals surface area contributed by atoms with Crippen LogP contribution >= 0.6 is 11.6 Å². The molecule has 0 aromatic heterocycles. The molecule has 0 aliphatic rings. The molecule has 0 heterocycles. The van der Waals surface area contributed by atoms with E-state index >= 15 is 0 Å². The van der Waals surface area contributed by atoms with Crippen LogP contribution in [0.3, 0.4) is 0 Å². The first kappa shape index (κ1) is 15.3. The van der Waals surface area contributed by atoms with E-state index in [4.69, 9.17) is 27.3 Å². The number of nitrogens with two attached hydrogens (primary N) is 1. The Morgan fingerprint density at radius 3 is 2.67 bits per heavy atom. The molecule has 21 heavy (non-hydrogen) atoms. The minimum atomic E-state index is -0.425. The van der Waals surface area contributed by atoms with Gasteiger partial charge in [0.15, 0.2) is 11.6 Å². The highest BCUT2D eigenvalue weighted by Crippen LogP contribution is 2.23. The number of halogens is 2. The number of rotatable bonds is 5. The quantitative estimate of drug-likeness (QED) is 0.920. The fraction of sp³-hybridized carbons (Fsp3) is 0.188. The molecule has 2 rings (SSSR count). The Morgan fingerprint density at radius 2 is 2.05 bits per heavy atom. The maximum Gasteiger partial charge on any atom is 0.165 e. The minimum Gasteiger partial charge on any atom is -0.486 e. The van der Waals surface area contributed by atoms with Crippen molar-refractivity contribution in [2.45, 2.75) is 13.0 Å². The average Bonchev–Trinajstić information content (AvgIpc) is 2.48. The Balaban J connectivity index is 2.08. The molecule has 0 fully saturated rings. The molecule has 108 valence electrons. The van der Waals surface area contributed by atoms with Crippen LogP contribution in [-0.4, -0.2) is 6.54 Å². The molecule has 2 aromatic rings. The van der Waals surface area contributed by atoms with Gasteiger partial charge in [-0.1, -0.05) is 23.7 Å². The molecule has 2 N–H and O–H groups in total. The Labute approximate surface area is 127 Å². The molecule has 0 radical (unpaired) electrons. The summed E-state index contributed by atoms with van der Waals surface area (Å²) in [5, 5.41) is 9.19. The molecule has 0 amide bonds. The highest BCUT2D eigenvalue weighted by atomic mass is 35.5. The minimum absolute atomic E-state index is 0.137. The summed E-state index contributed by atoms with van der Waals surface area (Å²) < 4.78 is 19.3. The highest BCUT2D eigenvalue weighted by Gasteiger charge is 2.07. The molecule has 0 bridgehead atoms. The Kier molecular flexibility index (Phi) is 5.15. The summed E-state index contributed by atoms with van der Waals surface area (Å²) in [7, 11) is 0. The maximum absolute atomic E-state index is 13.9. The molecule has 2 aromatic carbocycles. The predicted molar refractivity (Wildman–Crippen MR) is 79.7 cm³/mol. The van der Waals surface area contributed by atoms with Crippen molar-refractivity contribution >= 4 is 11.6 Å². The molecular weight excluding hydrogens is 291 g/mol. The lowest BCUT2D eigenvalue weighted by atomic mass is 10.1. The second-order valence-electron chi connectivity index (χ2n) is 4.51. The predicted octanol–water partition coefficient (Wildman–Crippen LogP) is 3.43. The van der Waals surface area contributed by atoms with Gasteiger partial charge in [0.1, 0.15) is 6.61 Å². The number of nitriles is 1. The third-order valence-corrected chi connectivity index (χ3v) is 3.35. The van der Waals surface area contributed by atoms with Crippen molar-refractivity contribution in [2.24, 2.45) is 5.73 Å². The van der Waals surface area contributed by atoms with Gasteiger partial charge < -0.3 is 10.5 Å². The van der Waals surface area contributed by atoms with E-state index in [2.05, 4.69) is 0 Å². The van der Waals surface area contributed by atoms with Gasteiger partial charge in [-0.3, -0.25) is 0 Å². The van der Waals surface area contributed by atoms with Crippen molar-refractivity contribution in [1.82, 2.24) is 0 Å². The summed E-state index contributed by atoms with van der Waals surface area (Å²) in [6.07, 6.45) is 0.624. The summed E-state index contributed by atoms with van der Waals surface area (Å²) in [4.78, 5) is 0. The van der Waals surface area contributed by atoms with E-state index in [-0.39, 0.29) is 12.4 Å². The molecule has 0 atom stereocenters. The highest BCUT2D eigenvalue weighted by molar-refractivity contribution is 6.31. The van der Waals surface area contributed by atoms with Gasteiger partial charge in [-0.05, 0) is 42.8 Å². The van der Waals surface area contributed by atoms with Gasteiger partial charge in [0.25, 0.3) is 0 Å². The van der Waals surface area contributed by atoms with Crippen LogP contribution in [0.4, 0.5) is 4.39 Å². The van der Waals surface area contributed by atoms with Crippen LogP contribution in [0.15, 0.2) is 36.4 Å². The first-order chi connectivity index (χ1) is 10.1. The van der Waals surface area contributed by atoms with Gasteiger partial charge in [-0.25, -0.2) is 4.39 Å². The zero-order chi connectivity index (χ0) is 15.2. The second kappa shape index (κ2) is 7.07. The fourth-order valence-electron chi connectivity index (χ4n) is 1.87. The summed E-state index contributed by atoms with van der Waals surface area (Å²) in [6, 6.07) is 11.7. The average molecular weight is 305 g/mol. The first-order valence-electron chi connectivity index (χ1n) is 6.44. The first-order valence-corrected chi connectivity index (χ1v) is 6.81. The third kappa shape index (κ3) is 3.94. The van der Waals surface area contributed by atoms with Gasteiger partial charge in [-0.2, -0.15) is 5.26 Å². The van der Waals surface area contributed by atoms with E-state index in [0.717, 1.165) is 5.56 Å². The van der Waals surface area contributed by atoms with Crippen LogP contribution in [0.2, 0.25) is 5.02 Å². The van der Waals surface area contributed by atoms with Crippen molar-refractivity contribution < 1.29 is 9.13 Å². The lowest BCUT2D eigenvalue weighted by Gasteiger charge is -2.10. The largest absolute Gasteiger partial charge is 0.486 e. The van der Waals surface area contributed by atoms with E-state index in [1.54, 1.807) is 30.3 Å². The zero-order valence-electron chi connectivity index (χ0n) is 11.3. The molecule has 0 unspecified atom stereocenters. The van der Waals surface area contributed by atoms with E-state index in [1.165, 1.54) is 6.07 Å². The third-order valence-electron chi connectivity index (χ3n) is 2.99. The van der Waals surface area contributed by atoms with E-state index in [0.29, 0.717) is 29.1 Å². The van der Waals surface area contributed by atoms with Crippen LogP contribution in [0.1, 0.15) is 16.7 Å². The topological polar surface area (TPSA) is 59.0 Å². The maximum atomic E-state index is 13.9. The molecule has 3 nitrogen and oxygen atoms in total. The van der Waals surface area contributed by atoms with Crippen molar-refractivity contribution in [1.29, 1.82) is 5.26 Å². The normalized spacial score (nSPS) is 10.2. The van der Waals surface area contributed by atoms with Gasteiger partial charge in [0, 0.05) is 10.6 Å². The summed E-state index contributed by atoms with van der Waals surface area (Å²) in [5.74, 6) is -0.262. The number of ether oxygens (including phenoxy) is 1. The SMILES string of the molecule is N#Cc1ccc(COc2ccc(CCN)cc2F)c(Cl)c1.